The molecule has 0 radical (unpaired) electrons. The molecule has 0 aliphatic rings. The van der Waals surface area contributed by atoms with Gasteiger partial charge in [0.15, 0.2) is 6.29 Å². The highest BCUT2D eigenvalue weighted by Gasteiger charge is 2.10. The molecule has 1 unspecified atom stereocenters. The van der Waals surface area contributed by atoms with Gasteiger partial charge in [0.1, 0.15) is 12.1 Å². The van der Waals surface area contributed by atoms with Crippen molar-refractivity contribution in [2.75, 3.05) is 13.2 Å². The zero-order valence-corrected chi connectivity index (χ0v) is 11.0. The van der Waals surface area contributed by atoms with Crippen molar-refractivity contribution in [3.8, 4) is 0 Å². The maximum Gasteiger partial charge on any atom is 0.333 e. The average Bonchev–Trinajstić information content (AvgIpc) is 2.90. The van der Waals surface area contributed by atoms with E-state index in [9.17, 15) is 9.90 Å². The van der Waals surface area contributed by atoms with Crippen LogP contribution in [-0.2, 0) is 14.3 Å². The van der Waals surface area contributed by atoms with Crippen LogP contribution in [0.3, 0.4) is 0 Å². The highest BCUT2D eigenvalue weighted by molar-refractivity contribution is 5.86. The Morgan fingerprint density at radius 3 is 3.05 bits per heavy atom. The van der Waals surface area contributed by atoms with Crippen LogP contribution in [-0.4, -0.2) is 39.7 Å². The van der Waals surface area contributed by atoms with E-state index < -0.39 is 12.3 Å². The number of carbonyl (C=O) groups is 1. The van der Waals surface area contributed by atoms with E-state index in [-0.39, 0.29) is 13.2 Å². The summed E-state index contributed by atoms with van der Waals surface area (Å²) in [7, 11) is 0. The van der Waals surface area contributed by atoms with Gasteiger partial charge in [0.05, 0.1) is 12.1 Å². The number of hydrogen-bond donors (Lipinski definition) is 2. The molecule has 0 fully saturated rings. The Kier molecular flexibility index (Phi) is 4.44. The minimum absolute atomic E-state index is 0.0506. The van der Waals surface area contributed by atoms with Gasteiger partial charge in [0.2, 0.25) is 0 Å². The van der Waals surface area contributed by atoms with Gasteiger partial charge in [0, 0.05) is 11.1 Å². The van der Waals surface area contributed by atoms with Crippen LogP contribution in [0, 0.1) is 0 Å². The van der Waals surface area contributed by atoms with E-state index >= 15 is 0 Å². The van der Waals surface area contributed by atoms with Crippen LogP contribution < -0.4 is 0 Å². The summed E-state index contributed by atoms with van der Waals surface area (Å²) in [4.78, 5) is 11.1. The van der Waals surface area contributed by atoms with Crippen LogP contribution in [0.1, 0.15) is 18.8 Å². The van der Waals surface area contributed by atoms with Crippen LogP contribution in [0.15, 0.2) is 30.4 Å². The summed E-state index contributed by atoms with van der Waals surface area (Å²) >= 11 is 0. The maximum absolute atomic E-state index is 11.1. The fraction of sp³-hybridized carbons (Fsp3) is 0.308. The summed E-state index contributed by atoms with van der Waals surface area (Å²) in [6.07, 6.45) is -1.11. The topological polar surface area (TPSA) is 97.3 Å². The monoisotopic (exact) mass is 277 g/mol. The molecule has 7 heteroatoms. The van der Waals surface area contributed by atoms with E-state index in [0.29, 0.717) is 16.7 Å². The lowest BCUT2D eigenvalue weighted by molar-refractivity contribution is -0.147. The number of esters is 1. The molecule has 0 aliphatic carbocycles. The summed E-state index contributed by atoms with van der Waals surface area (Å²) in [6.45, 7) is 5.15. The number of H-pyrrole nitrogens is 1. The van der Waals surface area contributed by atoms with Crippen molar-refractivity contribution in [2.24, 2.45) is 0 Å². The number of rotatable bonds is 6. The van der Waals surface area contributed by atoms with Crippen LogP contribution in [0.25, 0.3) is 11.0 Å². The van der Waals surface area contributed by atoms with Crippen molar-refractivity contribution in [3.63, 3.8) is 0 Å². The molecule has 106 valence electrons. The van der Waals surface area contributed by atoms with Crippen molar-refractivity contribution in [3.05, 3.63) is 35.9 Å². The van der Waals surface area contributed by atoms with Gasteiger partial charge in [-0.3, -0.25) is 5.10 Å². The molecule has 1 heterocycles. The second-order valence-electron chi connectivity index (χ2n) is 4.23. The average molecular weight is 277 g/mol. The first-order valence-electron chi connectivity index (χ1n) is 6.01. The molecule has 0 amide bonds. The lowest BCUT2D eigenvalue weighted by atomic mass is 10.2. The minimum Gasteiger partial charge on any atom is -0.460 e. The summed E-state index contributed by atoms with van der Waals surface area (Å²) in [5, 5.41) is 20.1. The summed E-state index contributed by atoms with van der Waals surface area (Å²) in [5.74, 6) is -0.480. The Bertz CT molecular complexity index is 623. The van der Waals surface area contributed by atoms with Gasteiger partial charge >= 0.3 is 5.97 Å². The first-order valence-corrected chi connectivity index (χ1v) is 6.01. The number of carbonyl (C=O) groups excluding carboxylic acids is 1. The molecule has 0 saturated heterocycles. The van der Waals surface area contributed by atoms with Crippen molar-refractivity contribution >= 4 is 17.0 Å². The van der Waals surface area contributed by atoms with Gasteiger partial charge in [-0.05, 0) is 19.1 Å². The van der Waals surface area contributed by atoms with Gasteiger partial charge < -0.3 is 14.6 Å². The van der Waals surface area contributed by atoms with Crippen molar-refractivity contribution in [1.82, 2.24) is 15.4 Å². The van der Waals surface area contributed by atoms with Crippen molar-refractivity contribution < 1.29 is 19.4 Å². The summed E-state index contributed by atoms with van der Waals surface area (Å²) in [5.41, 5.74) is 2.29. The van der Waals surface area contributed by atoms with Gasteiger partial charge in [-0.25, -0.2) is 4.79 Å². The SMILES string of the molecule is C=C(C)C(=O)OCCOC(O)c1ccc2[nH]nnc2c1. The highest BCUT2D eigenvalue weighted by atomic mass is 16.6. The Hall–Kier alpha value is -2.25. The quantitative estimate of drug-likeness (QED) is 0.355. The number of aliphatic hydroxyl groups is 1. The molecule has 7 nitrogen and oxygen atoms in total. The fourth-order valence-corrected chi connectivity index (χ4v) is 1.53. The maximum atomic E-state index is 11.1. The molecular weight excluding hydrogens is 262 g/mol. The number of ether oxygens (including phenoxy) is 2. The molecule has 0 bridgehead atoms. The molecular formula is C13H15N3O4. The number of nitrogens with zero attached hydrogens (tertiary/aromatic N) is 2. The van der Waals surface area contributed by atoms with Gasteiger partial charge in [-0.2, -0.15) is 0 Å². The largest absolute Gasteiger partial charge is 0.460 e. The number of hydrogen-bond acceptors (Lipinski definition) is 6. The van der Waals surface area contributed by atoms with Crippen LogP contribution in [0.2, 0.25) is 0 Å². The van der Waals surface area contributed by atoms with Gasteiger partial charge in [0.25, 0.3) is 0 Å². The van der Waals surface area contributed by atoms with E-state index in [1.165, 1.54) is 0 Å². The van der Waals surface area contributed by atoms with Crippen LogP contribution in [0.5, 0.6) is 0 Å². The van der Waals surface area contributed by atoms with E-state index in [1.807, 2.05) is 0 Å². The lowest BCUT2D eigenvalue weighted by Gasteiger charge is -2.12. The molecule has 2 N–H and O–H groups in total. The Morgan fingerprint density at radius 2 is 2.30 bits per heavy atom. The Morgan fingerprint density at radius 1 is 1.50 bits per heavy atom. The van der Waals surface area contributed by atoms with E-state index in [1.54, 1.807) is 25.1 Å². The predicted molar refractivity (Wildman–Crippen MR) is 70.6 cm³/mol. The number of aromatic amines is 1. The molecule has 20 heavy (non-hydrogen) atoms. The van der Waals surface area contributed by atoms with Crippen molar-refractivity contribution in [1.29, 1.82) is 0 Å². The van der Waals surface area contributed by atoms with E-state index in [2.05, 4.69) is 22.0 Å². The highest BCUT2D eigenvalue weighted by Crippen LogP contribution is 2.18. The zero-order chi connectivity index (χ0) is 14.5. The number of fused-ring (bicyclic) bond motifs is 1. The molecule has 1 aromatic carbocycles. The van der Waals surface area contributed by atoms with Crippen LogP contribution in [0.4, 0.5) is 0 Å². The smallest absolute Gasteiger partial charge is 0.333 e. The Labute approximate surface area is 115 Å². The van der Waals surface area contributed by atoms with Crippen molar-refractivity contribution in [2.45, 2.75) is 13.2 Å². The van der Waals surface area contributed by atoms with Gasteiger partial charge in [-0.15, -0.1) is 5.10 Å². The van der Waals surface area contributed by atoms with Gasteiger partial charge in [-0.1, -0.05) is 17.9 Å². The minimum atomic E-state index is -1.11. The molecule has 2 rings (SSSR count). The summed E-state index contributed by atoms with van der Waals surface area (Å²) < 4.78 is 10.0. The molecule has 0 saturated carbocycles. The summed E-state index contributed by atoms with van der Waals surface area (Å²) in [6, 6.07) is 5.12. The molecule has 0 spiro atoms. The number of aromatic nitrogens is 3. The third kappa shape index (κ3) is 3.40. The predicted octanol–water partition coefficient (Wildman–Crippen LogP) is 1.08. The second-order valence-corrected chi connectivity index (χ2v) is 4.23. The Balaban J connectivity index is 1.83. The number of aliphatic hydroxyl groups excluding tert-OH is 1. The number of nitrogens with one attached hydrogen (secondary N) is 1. The number of benzene rings is 1. The third-order valence-corrected chi connectivity index (χ3v) is 2.58. The first-order chi connectivity index (χ1) is 9.58. The fourth-order valence-electron chi connectivity index (χ4n) is 1.53. The van der Waals surface area contributed by atoms with Crippen LogP contribution >= 0.6 is 0 Å². The second kappa shape index (κ2) is 6.27. The lowest BCUT2D eigenvalue weighted by Crippen LogP contribution is -2.13. The molecule has 1 atom stereocenters. The molecule has 0 aliphatic heterocycles. The normalized spacial score (nSPS) is 12.3. The zero-order valence-electron chi connectivity index (χ0n) is 11.0. The third-order valence-electron chi connectivity index (χ3n) is 2.58. The van der Waals surface area contributed by atoms with E-state index in [4.69, 9.17) is 9.47 Å². The first kappa shape index (κ1) is 14.2. The van der Waals surface area contributed by atoms with E-state index in [0.717, 1.165) is 5.52 Å². The standard InChI is InChI=1S/C13H15N3O4/c1-8(2)12(17)19-5-6-20-13(18)9-3-4-10-11(7-9)15-16-14-10/h3-4,7,13,18H,1,5-6H2,2H3,(H,14,15,16). The molecule has 2 aromatic rings. The molecule has 1 aromatic heterocycles.